The maximum atomic E-state index is 13.6. The zero-order chi connectivity index (χ0) is 32.9. The molecule has 0 radical (unpaired) electrons. The molecule has 1 aliphatic carbocycles. The Morgan fingerprint density at radius 1 is 0.979 bits per heavy atom. The Bertz CT molecular complexity index is 1840. The molecule has 1 atom stereocenters. The van der Waals surface area contributed by atoms with E-state index in [1.807, 2.05) is 30.1 Å². The second-order valence-corrected chi connectivity index (χ2v) is 13.7. The molecule has 12 heteroatoms. The summed E-state index contributed by atoms with van der Waals surface area (Å²) in [7, 11) is 1.90. The van der Waals surface area contributed by atoms with E-state index in [2.05, 4.69) is 38.7 Å². The topological polar surface area (TPSA) is 83.4 Å². The Kier molecular flexibility index (Phi) is 8.24. The third-order valence-corrected chi connectivity index (χ3v) is 10.8. The standard InChI is InChI=1S/C35H36ClF3N6O2/c1-43-31-9-2-22(18-30(31)41-42-43)21-44-14-10-34(11-15-44)12-16-45(17-13-34)33(47)24-4-3-23-5-8-29(26(23)19-24)40-32(46)27-20-25(35(37,38)39)6-7-28(27)36/h2-4,6-7,9,18-20,29H,5,8,10-17,21H2,1H3,(H,40,46). The second kappa shape index (κ2) is 12.2. The van der Waals surface area contributed by atoms with Gasteiger partial charge in [-0.1, -0.05) is 28.9 Å². The van der Waals surface area contributed by atoms with Crippen molar-refractivity contribution >= 4 is 34.4 Å². The average Bonchev–Trinajstić information content (AvgIpc) is 3.64. The number of likely N-dealkylation sites (tertiary alicyclic amines) is 2. The van der Waals surface area contributed by atoms with E-state index < -0.39 is 23.7 Å². The zero-order valence-corrected chi connectivity index (χ0v) is 26.9. The number of alkyl halides is 3. The molecule has 1 spiro atoms. The Labute approximate surface area is 275 Å². The van der Waals surface area contributed by atoms with Crippen LogP contribution in [0, 0.1) is 5.41 Å². The molecule has 3 heterocycles. The van der Waals surface area contributed by atoms with Gasteiger partial charge < -0.3 is 10.2 Å². The van der Waals surface area contributed by atoms with Crippen LogP contribution < -0.4 is 5.32 Å². The molecule has 47 heavy (non-hydrogen) atoms. The number of fused-ring (bicyclic) bond motifs is 2. The minimum atomic E-state index is -4.59. The Morgan fingerprint density at radius 3 is 2.47 bits per heavy atom. The molecule has 0 bridgehead atoms. The molecule has 3 aromatic carbocycles. The third-order valence-electron chi connectivity index (χ3n) is 10.4. The summed E-state index contributed by atoms with van der Waals surface area (Å²) in [6, 6.07) is 14.3. The Hall–Kier alpha value is -3.96. The fourth-order valence-electron chi connectivity index (χ4n) is 7.49. The predicted octanol–water partition coefficient (Wildman–Crippen LogP) is 6.58. The van der Waals surface area contributed by atoms with Crippen LogP contribution in [0.5, 0.6) is 0 Å². The molecule has 2 saturated heterocycles. The molecular weight excluding hydrogens is 629 g/mol. The van der Waals surface area contributed by atoms with Crippen molar-refractivity contribution in [3.8, 4) is 0 Å². The van der Waals surface area contributed by atoms with Gasteiger partial charge in [0, 0.05) is 32.2 Å². The van der Waals surface area contributed by atoms with Crippen molar-refractivity contribution in [1.29, 1.82) is 0 Å². The van der Waals surface area contributed by atoms with E-state index in [1.165, 1.54) is 5.56 Å². The zero-order valence-electron chi connectivity index (χ0n) is 26.1. The van der Waals surface area contributed by atoms with Crippen LogP contribution in [0.15, 0.2) is 54.6 Å². The number of carbonyl (C=O) groups is 2. The summed E-state index contributed by atoms with van der Waals surface area (Å²) in [5.41, 5.74) is 4.68. The van der Waals surface area contributed by atoms with Gasteiger partial charge in [-0.3, -0.25) is 14.5 Å². The number of aromatic nitrogens is 3. The van der Waals surface area contributed by atoms with Crippen LogP contribution in [0.4, 0.5) is 13.2 Å². The third kappa shape index (κ3) is 6.35. The van der Waals surface area contributed by atoms with Gasteiger partial charge in [0.1, 0.15) is 5.52 Å². The highest BCUT2D eigenvalue weighted by Crippen LogP contribution is 2.42. The summed E-state index contributed by atoms with van der Waals surface area (Å²) in [5, 5.41) is 11.2. The number of nitrogens with zero attached hydrogens (tertiary/aromatic N) is 5. The van der Waals surface area contributed by atoms with Crippen LogP contribution in [0.25, 0.3) is 11.0 Å². The molecule has 4 aromatic rings. The predicted molar refractivity (Wildman–Crippen MR) is 172 cm³/mol. The van der Waals surface area contributed by atoms with Crippen molar-refractivity contribution < 1.29 is 22.8 Å². The van der Waals surface area contributed by atoms with E-state index in [0.717, 1.165) is 85.7 Å². The lowest BCUT2D eigenvalue weighted by molar-refractivity contribution is -0.137. The largest absolute Gasteiger partial charge is 0.416 e. The number of hydrogen-bond donors (Lipinski definition) is 1. The molecule has 2 amide bonds. The SMILES string of the molecule is Cn1nnc2cc(CN3CCC4(CC3)CCN(C(=O)c3ccc5c(c3)C(NC(=O)c3cc(C(F)(F)F)ccc3Cl)CC5)CC4)ccc21. The summed E-state index contributed by atoms with van der Waals surface area (Å²) in [5.74, 6) is -0.702. The van der Waals surface area contributed by atoms with Crippen LogP contribution >= 0.6 is 11.6 Å². The normalized spacial score (nSPS) is 19.7. The molecule has 2 aliphatic heterocycles. The molecule has 8 nitrogen and oxygen atoms in total. The lowest BCUT2D eigenvalue weighted by Gasteiger charge is -2.47. The summed E-state index contributed by atoms with van der Waals surface area (Å²) >= 11 is 6.11. The van der Waals surface area contributed by atoms with Crippen LogP contribution in [0.3, 0.4) is 0 Å². The van der Waals surface area contributed by atoms with Crippen LogP contribution in [0.1, 0.15) is 81.1 Å². The summed E-state index contributed by atoms with van der Waals surface area (Å²) in [6.07, 6.45) is 0.863. The fourth-order valence-corrected chi connectivity index (χ4v) is 7.70. The molecule has 1 unspecified atom stereocenters. The molecular formula is C35H36ClF3N6O2. The fraction of sp³-hybridized carbons (Fsp3) is 0.429. The van der Waals surface area contributed by atoms with Crippen molar-refractivity contribution in [2.45, 2.75) is 57.3 Å². The van der Waals surface area contributed by atoms with E-state index in [0.29, 0.717) is 31.5 Å². The van der Waals surface area contributed by atoms with E-state index >= 15 is 0 Å². The first-order chi connectivity index (χ1) is 22.5. The quantitative estimate of drug-likeness (QED) is 0.261. The van der Waals surface area contributed by atoms with Gasteiger partial charge in [-0.15, -0.1) is 5.10 Å². The Morgan fingerprint density at radius 2 is 1.72 bits per heavy atom. The van der Waals surface area contributed by atoms with Gasteiger partial charge in [0.25, 0.3) is 11.8 Å². The number of carbonyl (C=O) groups excluding carboxylic acids is 2. The number of aryl methyl sites for hydroxylation is 2. The second-order valence-electron chi connectivity index (χ2n) is 13.3. The molecule has 3 aliphatic rings. The maximum absolute atomic E-state index is 13.6. The highest BCUT2D eigenvalue weighted by molar-refractivity contribution is 6.33. The van der Waals surface area contributed by atoms with E-state index in [9.17, 15) is 22.8 Å². The molecule has 7 rings (SSSR count). The number of halogens is 4. The highest BCUT2D eigenvalue weighted by atomic mass is 35.5. The van der Waals surface area contributed by atoms with Gasteiger partial charge in [0.2, 0.25) is 0 Å². The van der Waals surface area contributed by atoms with Gasteiger partial charge in [-0.25, -0.2) is 4.68 Å². The lowest BCUT2D eigenvalue weighted by atomic mass is 9.71. The molecule has 1 N–H and O–H groups in total. The van der Waals surface area contributed by atoms with Crippen molar-refractivity contribution in [3.05, 3.63) is 93.0 Å². The smallest absolute Gasteiger partial charge is 0.345 e. The van der Waals surface area contributed by atoms with Crippen molar-refractivity contribution in [3.63, 3.8) is 0 Å². The van der Waals surface area contributed by atoms with Gasteiger partial charge in [-0.2, -0.15) is 13.2 Å². The number of piperidine rings is 2. The van der Waals surface area contributed by atoms with Crippen LogP contribution in [-0.4, -0.2) is 62.8 Å². The van der Waals surface area contributed by atoms with Crippen molar-refractivity contribution in [1.82, 2.24) is 30.1 Å². The van der Waals surface area contributed by atoms with Crippen molar-refractivity contribution in [2.75, 3.05) is 26.2 Å². The first kappa shape index (κ1) is 31.6. The first-order valence-corrected chi connectivity index (χ1v) is 16.5. The average molecular weight is 665 g/mol. The van der Waals surface area contributed by atoms with Crippen LogP contribution in [0.2, 0.25) is 5.02 Å². The van der Waals surface area contributed by atoms with E-state index in [4.69, 9.17) is 11.6 Å². The number of nitrogens with one attached hydrogen (secondary N) is 1. The van der Waals surface area contributed by atoms with Gasteiger partial charge in [0.05, 0.1) is 27.7 Å². The van der Waals surface area contributed by atoms with Gasteiger partial charge in [-0.05, 0) is 116 Å². The minimum absolute atomic E-state index is 0.0302. The van der Waals surface area contributed by atoms with Crippen LogP contribution in [-0.2, 0) is 26.2 Å². The lowest BCUT2D eigenvalue weighted by Crippen LogP contribution is -2.48. The maximum Gasteiger partial charge on any atom is 0.416 e. The highest BCUT2D eigenvalue weighted by Gasteiger charge is 2.39. The first-order valence-electron chi connectivity index (χ1n) is 16.1. The molecule has 246 valence electrons. The number of rotatable bonds is 5. The summed E-state index contributed by atoms with van der Waals surface area (Å²) in [6.45, 7) is 4.34. The Balaban J connectivity index is 0.951. The summed E-state index contributed by atoms with van der Waals surface area (Å²) in [4.78, 5) is 31.1. The minimum Gasteiger partial charge on any atom is -0.345 e. The van der Waals surface area contributed by atoms with E-state index in [1.54, 1.807) is 4.68 Å². The number of hydrogen-bond acceptors (Lipinski definition) is 5. The summed E-state index contributed by atoms with van der Waals surface area (Å²) < 4.78 is 41.6. The molecule has 1 aromatic heterocycles. The monoisotopic (exact) mass is 664 g/mol. The molecule has 0 saturated carbocycles. The number of amides is 2. The van der Waals surface area contributed by atoms with E-state index in [-0.39, 0.29) is 21.9 Å². The van der Waals surface area contributed by atoms with Gasteiger partial charge in [0.15, 0.2) is 0 Å². The van der Waals surface area contributed by atoms with Gasteiger partial charge >= 0.3 is 6.18 Å². The number of benzene rings is 3. The molecule has 2 fully saturated rings. The van der Waals surface area contributed by atoms with Crippen molar-refractivity contribution in [2.24, 2.45) is 12.5 Å².